The fraction of sp³-hybridized carbons (Fsp3) is 0. The predicted octanol–water partition coefficient (Wildman–Crippen LogP) is 3.99. The molecule has 4 aromatic rings. The maximum atomic E-state index is 4.05. The Hall–Kier alpha value is -1.85. The number of fused-ring (bicyclic) bond motifs is 2. The van der Waals surface area contributed by atoms with Crippen molar-refractivity contribution in [2.45, 2.75) is 0 Å². The van der Waals surface area contributed by atoms with Crippen LogP contribution in [0.15, 0.2) is 54.4 Å². The second-order valence-corrected chi connectivity index (χ2v) is 5.30. The Bertz CT molecular complexity index is 634. The number of rotatable bonds is 0. The van der Waals surface area contributed by atoms with Gasteiger partial charge in [-0.05, 0) is 29.0 Å². The van der Waals surface area contributed by atoms with E-state index in [2.05, 4.69) is 26.5 Å². The Labute approximate surface area is 112 Å². The summed E-state index contributed by atoms with van der Waals surface area (Å²) in [5, 5.41) is 4.38. The highest BCUT2D eigenvalue weighted by molar-refractivity contribution is 7.16. The highest BCUT2D eigenvalue weighted by Gasteiger charge is 1.90. The van der Waals surface area contributed by atoms with Crippen molar-refractivity contribution in [2.24, 2.45) is 0 Å². The molecular formula is C13H9N3S2. The van der Waals surface area contributed by atoms with Crippen molar-refractivity contribution in [1.29, 1.82) is 0 Å². The van der Waals surface area contributed by atoms with Gasteiger partial charge in [-0.25, -0.2) is 9.97 Å². The zero-order valence-corrected chi connectivity index (χ0v) is 11.0. The average molecular weight is 271 g/mol. The molecular weight excluding hydrogens is 262 g/mol. The Morgan fingerprint density at radius 1 is 0.944 bits per heavy atom. The van der Waals surface area contributed by atoms with E-state index >= 15 is 0 Å². The minimum Gasteiger partial charge on any atom is -0.244 e. The van der Waals surface area contributed by atoms with E-state index in [1.165, 1.54) is 21.6 Å². The molecule has 0 aliphatic rings. The molecule has 0 radical (unpaired) electrons. The van der Waals surface area contributed by atoms with Gasteiger partial charge in [-0.1, -0.05) is 18.2 Å². The van der Waals surface area contributed by atoms with Crippen molar-refractivity contribution < 1.29 is 0 Å². The molecule has 0 atom stereocenters. The number of hydrogen-bond acceptors (Lipinski definition) is 5. The van der Waals surface area contributed by atoms with E-state index in [1.54, 1.807) is 17.7 Å². The van der Waals surface area contributed by atoms with Crippen molar-refractivity contribution in [3.8, 4) is 0 Å². The summed E-state index contributed by atoms with van der Waals surface area (Å²) in [4.78, 5) is 8.99. The summed E-state index contributed by atoms with van der Waals surface area (Å²) in [6.07, 6.45) is 5.28. The summed E-state index contributed by atoms with van der Waals surface area (Å²) in [7, 11) is 0. The maximum Gasteiger partial charge on any atom is 0.126 e. The zero-order valence-electron chi connectivity index (χ0n) is 9.35. The lowest BCUT2D eigenvalue weighted by atomic mass is 10.3. The Kier molecular flexibility index (Phi) is 3.25. The molecule has 0 saturated carbocycles. The monoisotopic (exact) mass is 271 g/mol. The third-order valence-corrected chi connectivity index (χ3v) is 4.01. The van der Waals surface area contributed by atoms with E-state index in [1.807, 2.05) is 36.0 Å². The van der Waals surface area contributed by atoms with Gasteiger partial charge in [0.25, 0.3) is 0 Å². The molecule has 0 fully saturated rings. The molecule has 0 bridgehead atoms. The van der Waals surface area contributed by atoms with E-state index in [4.69, 9.17) is 0 Å². The topological polar surface area (TPSA) is 38.7 Å². The van der Waals surface area contributed by atoms with Crippen LogP contribution in [0.5, 0.6) is 0 Å². The lowest BCUT2D eigenvalue weighted by molar-refractivity contribution is 1.23. The Morgan fingerprint density at radius 2 is 1.89 bits per heavy atom. The Balaban J connectivity index is 0.000000111. The van der Waals surface area contributed by atoms with Gasteiger partial charge in [0.15, 0.2) is 0 Å². The first-order chi connectivity index (χ1) is 8.93. The molecule has 0 saturated heterocycles. The summed E-state index contributed by atoms with van der Waals surface area (Å²) >= 11 is 3.17. The van der Waals surface area contributed by atoms with Gasteiger partial charge in [-0.2, -0.15) is 4.37 Å². The van der Waals surface area contributed by atoms with Crippen molar-refractivity contribution in [2.75, 3.05) is 0 Å². The van der Waals surface area contributed by atoms with Gasteiger partial charge in [-0.15, -0.1) is 11.3 Å². The number of thiophene rings is 1. The lowest BCUT2D eigenvalue weighted by Gasteiger charge is -1.81. The minimum atomic E-state index is 1.06. The molecule has 88 valence electrons. The van der Waals surface area contributed by atoms with Crippen molar-refractivity contribution in [3.63, 3.8) is 0 Å². The van der Waals surface area contributed by atoms with Crippen LogP contribution in [0.2, 0.25) is 0 Å². The third-order valence-electron chi connectivity index (χ3n) is 2.39. The molecule has 0 spiro atoms. The molecule has 0 aliphatic heterocycles. The summed E-state index contributed by atoms with van der Waals surface area (Å²) in [5.41, 5.74) is 0. The smallest absolute Gasteiger partial charge is 0.126 e. The quantitative estimate of drug-likeness (QED) is 0.485. The summed E-state index contributed by atoms with van der Waals surface area (Å²) in [6.45, 7) is 0. The van der Waals surface area contributed by atoms with E-state index in [0.717, 1.165) is 10.2 Å². The number of aromatic nitrogens is 3. The predicted molar refractivity (Wildman–Crippen MR) is 77.0 cm³/mol. The SMILES string of the molecule is c1ccc2sncc2c1.c1ncc2ccsc2n1. The normalized spacial score (nSPS) is 10.2. The largest absolute Gasteiger partial charge is 0.244 e. The van der Waals surface area contributed by atoms with Gasteiger partial charge < -0.3 is 0 Å². The molecule has 3 nitrogen and oxygen atoms in total. The third kappa shape index (κ3) is 2.37. The summed E-state index contributed by atoms with van der Waals surface area (Å²) < 4.78 is 5.30. The Morgan fingerprint density at radius 3 is 2.78 bits per heavy atom. The summed E-state index contributed by atoms with van der Waals surface area (Å²) in [5.74, 6) is 0. The van der Waals surface area contributed by atoms with Crippen LogP contribution in [0.4, 0.5) is 0 Å². The van der Waals surface area contributed by atoms with Crippen LogP contribution in [0.25, 0.3) is 20.3 Å². The first-order valence-electron chi connectivity index (χ1n) is 5.36. The number of nitrogens with zero attached hydrogens (tertiary/aromatic N) is 3. The minimum absolute atomic E-state index is 1.06. The van der Waals surface area contributed by atoms with Gasteiger partial charge in [0, 0.05) is 23.2 Å². The standard InChI is InChI=1S/C7H5NS.C6H4N2S/c1-2-4-7-6(3-1)5-8-9-7;1-2-9-6-5(1)3-7-4-8-6/h1-5H;1-4H. The molecule has 0 amide bonds. The molecule has 1 aromatic carbocycles. The maximum absolute atomic E-state index is 4.05. The molecule has 3 aromatic heterocycles. The molecule has 3 heterocycles. The molecule has 4 rings (SSSR count). The van der Waals surface area contributed by atoms with Crippen LogP contribution in [-0.4, -0.2) is 14.3 Å². The van der Waals surface area contributed by atoms with Gasteiger partial charge in [0.2, 0.25) is 0 Å². The van der Waals surface area contributed by atoms with Crippen LogP contribution >= 0.6 is 22.9 Å². The van der Waals surface area contributed by atoms with Crippen LogP contribution in [0.3, 0.4) is 0 Å². The lowest BCUT2D eigenvalue weighted by Crippen LogP contribution is -1.71. The highest BCUT2D eigenvalue weighted by Crippen LogP contribution is 2.16. The zero-order chi connectivity index (χ0) is 12.2. The van der Waals surface area contributed by atoms with E-state index in [-0.39, 0.29) is 0 Å². The number of hydrogen-bond donors (Lipinski definition) is 0. The van der Waals surface area contributed by atoms with E-state index in [9.17, 15) is 0 Å². The van der Waals surface area contributed by atoms with Gasteiger partial charge in [0.05, 0.1) is 4.70 Å². The van der Waals surface area contributed by atoms with Gasteiger partial charge in [-0.3, -0.25) is 0 Å². The molecule has 0 N–H and O–H groups in total. The molecule has 0 unspecified atom stereocenters. The van der Waals surface area contributed by atoms with Crippen molar-refractivity contribution >= 4 is 43.2 Å². The first-order valence-corrected chi connectivity index (χ1v) is 7.01. The van der Waals surface area contributed by atoms with Crippen molar-refractivity contribution in [1.82, 2.24) is 14.3 Å². The molecule has 0 aliphatic carbocycles. The summed E-state index contributed by atoms with van der Waals surface area (Å²) in [6, 6.07) is 10.2. The molecule has 5 heteroatoms. The number of benzene rings is 1. The van der Waals surface area contributed by atoms with Crippen LogP contribution in [0, 0.1) is 0 Å². The fourth-order valence-corrected chi connectivity index (χ4v) is 2.88. The highest BCUT2D eigenvalue weighted by atomic mass is 32.1. The average Bonchev–Trinajstić information content (AvgIpc) is 3.08. The first kappa shape index (κ1) is 11.3. The second kappa shape index (κ2) is 5.20. The van der Waals surface area contributed by atoms with Crippen molar-refractivity contribution in [3.05, 3.63) is 54.4 Å². The van der Waals surface area contributed by atoms with Crippen LogP contribution in [-0.2, 0) is 0 Å². The van der Waals surface area contributed by atoms with Crippen LogP contribution < -0.4 is 0 Å². The van der Waals surface area contributed by atoms with Gasteiger partial charge in [0.1, 0.15) is 11.2 Å². The second-order valence-electron chi connectivity index (χ2n) is 3.57. The molecule has 18 heavy (non-hydrogen) atoms. The fourth-order valence-electron chi connectivity index (χ4n) is 1.52. The van der Waals surface area contributed by atoms with E-state index < -0.39 is 0 Å². The van der Waals surface area contributed by atoms with Gasteiger partial charge >= 0.3 is 0 Å². The van der Waals surface area contributed by atoms with E-state index in [0.29, 0.717) is 0 Å². The van der Waals surface area contributed by atoms with Crippen LogP contribution in [0.1, 0.15) is 0 Å².